The third kappa shape index (κ3) is 22.9. The molecule has 0 fully saturated rings. The Morgan fingerprint density at radius 2 is 1.29 bits per heavy atom. The van der Waals surface area contributed by atoms with Gasteiger partial charge in [-0.15, -0.1) is 0 Å². The van der Waals surface area contributed by atoms with Crippen molar-refractivity contribution in [1.82, 2.24) is 0 Å². The van der Waals surface area contributed by atoms with Crippen LogP contribution in [0.2, 0.25) is 0 Å². The molecule has 14 heavy (non-hydrogen) atoms. The van der Waals surface area contributed by atoms with Crippen molar-refractivity contribution in [2.75, 3.05) is 11.9 Å². The van der Waals surface area contributed by atoms with Crippen molar-refractivity contribution in [2.24, 2.45) is 0 Å². The highest BCUT2D eigenvalue weighted by Crippen LogP contribution is 1.99. The number of hydrogen-bond acceptors (Lipinski definition) is 1. The summed E-state index contributed by atoms with van der Waals surface area (Å²) >= 11 is 3.38. The van der Waals surface area contributed by atoms with E-state index in [4.69, 9.17) is 5.11 Å². The predicted molar refractivity (Wildman–Crippen MR) is 69.2 cm³/mol. The molecule has 88 valence electrons. The lowest BCUT2D eigenvalue weighted by Crippen LogP contribution is -1.80. The van der Waals surface area contributed by atoms with Gasteiger partial charge in [0.2, 0.25) is 0 Å². The van der Waals surface area contributed by atoms with E-state index >= 15 is 0 Å². The molecular weight excluding hydrogens is 240 g/mol. The van der Waals surface area contributed by atoms with Crippen LogP contribution in [0.1, 0.15) is 65.2 Å². The van der Waals surface area contributed by atoms with E-state index in [1.54, 1.807) is 0 Å². The fourth-order valence-electron chi connectivity index (χ4n) is 1.06. The highest BCUT2D eigenvalue weighted by atomic mass is 79.9. The van der Waals surface area contributed by atoms with Crippen molar-refractivity contribution in [3.63, 3.8) is 0 Å². The van der Waals surface area contributed by atoms with Gasteiger partial charge in [0.1, 0.15) is 0 Å². The predicted octanol–water partition coefficient (Wildman–Crippen LogP) is 4.52. The van der Waals surface area contributed by atoms with Crippen molar-refractivity contribution < 1.29 is 5.11 Å². The van der Waals surface area contributed by atoms with Gasteiger partial charge in [0.05, 0.1) is 0 Å². The quantitative estimate of drug-likeness (QED) is 0.506. The molecule has 0 aromatic carbocycles. The summed E-state index contributed by atoms with van der Waals surface area (Å²) in [6.45, 7) is 4.76. The smallest absolute Gasteiger partial charge is 0.0431 e. The molecule has 0 bridgehead atoms. The number of alkyl halides is 1. The van der Waals surface area contributed by atoms with Crippen molar-refractivity contribution >= 4 is 15.9 Å². The van der Waals surface area contributed by atoms with Crippen molar-refractivity contribution in [3.8, 4) is 0 Å². The van der Waals surface area contributed by atoms with E-state index in [1.807, 2.05) is 0 Å². The van der Waals surface area contributed by atoms with Gasteiger partial charge in [-0.1, -0.05) is 68.3 Å². The maximum absolute atomic E-state index is 8.29. The summed E-state index contributed by atoms with van der Waals surface area (Å²) in [4.78, 5) is 0. The molecule has 0 spiro atoms. The van der Waals surface area contributed by atoms with Crippen LogP contribution < -0.4 is 0 Å². The minimum atomic E-state index is 0.361. The molecule has 0 saturated carbocycles. The summed E-state index contributed by atoms with van der Waals surface area (Å²) in [7, 11) is 0. The van der Waals surface area contributed by atoms with Crippen LogP contribution in [0.4, 0.5) is 0 Å². The molecule has 0 aliphatic rings. The Bertz CT molecular complexity index is 58.7. The molecular formula is C12H27BrO. The molecule has 0 heterocycles. The fourth-order valence-corrected chi connectivity index (χ4v) is 1.46. The zero-order chi connectivity index (χ0) is 11.1. The second-order valence-electron chi connectivity index (χ2n) is 3.53. The highest BCUT2D eigenvalue weighted by Gasteiger charge is 1.81. The topological polar surface area (TPSA) is 20.2 Å². The van der Waals surface area contributed by atoms with Crippen LogP contribution >= 0.6 is 15.9 Å². The molecule has 0 atom stereocenters. The molecule has 0 aromatic rings. The molecule has 1 N–H and O–H groups in total. The van der Waals surface area contributed by atoms with E-state index < -0.39 is 0 Å². The van der Waals surface area contributed by atoms with Crippen LogP contribution in [0.25, 0.3) is 0 Å². The molecule has 0 amide bonds. The summed E-state index contributed by atoms with van der Waals surface area (Å²) in [5.74, 6) is 0. The number of hydrogen-bond donors (Lipinski definition) is 1. The van der Waals surface area contributed by atoms with Crippen LogP contribution in [-0.4, -0.2) is 17.0 Å². The van der Waals surface area contributed by atoms with Gasteiger partial charge < -0.3 is 5.11 Å². The standard InChI is InChI=1S/C6H13Br.C6H14O/c2*1-2-3-4-5-6-7/h2-6H2,1H3;7H,2-6H2,1H3. The Morgan fingerprint density at radius 1 is 0.786 bits per heavy atom. The molecule has 0 rings (SSSR count). The normalized spacial score (nSPS) is 9.43. The lowest BCUT2D eigenvalue weighted by molar-refractivity contribution is 0.283. The number of rotatable bonds is 8. The van der Waals surface area contributed by atoms with Crippen molar-refractivity contribution in [1.29, 1.82) is 0 Å². The van der Waals surface area contributed by atoms with E-state index in [2.05, 4.69) is 29.8 Å². The van der Waals surface area contributed by atoms with E-state index in [1.165, 1.54) is 50.3 Å². The summed E-state index contributed by atoms with van der Waals surface area (Å²) in [5, 5.41) is 9.47. The first-order valence-electron chi connectivity index (χ1n) is 6.00. The fraction of sp³-hybridized carbons (Fsp3) is 1.00. The maximum atomic E-state index is 8.29. The first kappa shape index (κ1) is 16.9. The highest BCUT2D eigenvalue weighted by molar-refractivity contribution is 9.09. The summed E-state index contributed by atoms with van der Waals surface area (Å²) < 4.78 is 0. The van der Waals surface area contributed by atoms with Gasteiger partial charge in [0.25, 0.3) is 0 Å². The molecule has 0 aliphatic carbocycles. The molecule has 0 aromatic heterocycles. The zero-order valence-electron chi connectivity index (χ0n) is 9.90. The zero-order valence-corrected chi connectivity index (χ0v) is 11.5. The van der Waals surface area contributed by atoms with Gasteiger partial charge in [0, 0.05) is 11.9 Å². The molecule has 0 radical (unpaired) electrons. The molecule has 1 nitrogen and oxygen atoms in total. The average Bonchev–Trinajstić information content (AvgIpc) is 2.21. The third-order valence-electron chi connectivity index (χ3n) is 2.00. The number of unbranched alkanes of at least 4 members (excludes halogenated alkanes) is 6. The van der Waals surface area contributed by atoms with Gasteiger partial charge in [-0.05, 0) is 12.8 Å². The second kappa shape index (κ2) is 19.1. The average molecular weight is 267 g/mol. The second-order valence-corrected chi connectivity index (χ2v) is 4.33. The summed E-state index contributed by atoms with van der Waals surface area (Å²) in [6, 6.07) is 0. The van der Waals surface area contributed by atoms with Gasteiger partial charge in [-0.25, -0.2) is 0 Å². The van der Waals surface area contributed by atoms with Crippen LogP contribution in [0.5, 0.6) is 0 Å². The van der Waals surface area contributed by atoms with Gasteiger partial charge in [0.15, 0.2) is 0 Å². The minimum absolute atomic E-state index is 0.361. The van der Waals surface area contributed by atoms with Crippen LogP contribution in [0, 0.1) is 0 Å². The molecule has 0 aliphatic heterocycles. The Hall–Kier alpha value is 0.440. The molecule has 2 heteroatoms. The van der Waals surface area contributed by atoms with E-state index in [0.717, 1.165) is 6.42 Å². The van der Waals surface area contributed by atoms with Crippen LogP contribution in [0.15, 0.2) is 0 Å². The first-order chi connectivity index (χ1) is 6.83. The molecule has 0 unspecified atom stereocenters. The SMILES string of the molecule is CCCCCCBr.CCCCCCO. The van der Waals surface area contributed by atoms with Crippen molar-refractivity contribution in [2.45, 2.75) is 65.2 Å². The van der Waals surface area contributed by atoms with Crippen molar-refractivity contribution in [3.05, 3.63) is 0 Å². The van der Waals surface area contributed by atoms with Crippen LogP contribution in [-0.2, 0) is 0 Å². The Morgan fingerprint density at radius 3 is 1.64 bits per heavy atom. The lowest BCUT2D eigenvalue weighted by Gasteiger charge is -1.90. The van der Waals surface area contributed by atoms with E-state index in [0.29, 0.717) is 6.61 Å². The van der Waals surface area contributed by atoms with E-state index in [-0.39, 0.29) is 0 Å². The Kier molecular flexibility index (Phi) is 23.0. The minimum Gasteiger partial charge on any atom is -0.396 e. The Balaban J connectivity index is 0. The summed E-state index contributed by atoms with van der Waals surface area (Å²) in [6.07, 6.45) is 10.1. The van der Waals surface area contributed by atoms with Gasteiger partial charge in [-0.3, -0.25) is 0 Å². The van der Waals surface area contributed by atoms with Gasteiger partial charge >= 0.3 is 0 Å². The number of aliphatic hydroxyl groups is 1. The largest absolute Gasteiger partial charge is 0.396 e. The van der Waals surface area contributed by atoms with E-state index in [9.17, 15) is 0 Å². The lowest BCUT2D eigenvalue weighted by atomic mass is 10.2. The van der Waals surface area contributed by atoms with Gasteiger partial charge in [-0.2, -0.15) is 0 Å². The Labute approximate surface area is 98.4 Å². The third-order valence-corrected chi connectivity index (χ3v) is 2.56. The monoisotopic (exact) mass is 266 g/mol. The summed E-state index contributed by atoms with van der Waals surface area (Å²) in [5.41, 5.74) is 0. The first-order valence-corrected chi connectivity index (χ1v) is 7.12. The van der Waals surface area contributed by atoms with Crippen LogP contribution in [0.3, 0.4) is 0 Å². The number of aliphatic hydroxyl groups excluding tert-OH is 1. The maximum Gasteiger partial charge on any atom is 0.0431 e. The number of halogens is 1. The molecule has 0 saturated heterocycles.